The fourth-order valence-corrected chi connectivity index (χ4v) is 2.27. The zero-order chi connectivity index (χ0) is 11.7. The molecular formula is C12H13NO3. The number of amides is 1. The van der Waals surface area contributed by atoms with Crippen LogP contribution in [0.2, 0.25) is 0 Å². The van der Waals surface area contributed by atoms with Crippen LogP contribution >= 0.6 is 0 Å². The minimum atomic E-state index is -0.916. The van der Waals surface area contributed by atoms with Crippen molar-refractivity contribution >= 4 is 11.9 Å². The molecule has 84 valence electrons. The summed E-state index contributed by atoms with van der Waals surface area (Å²) in [5, 5.41) is 8.85. The first-order valence-electron chi connectivity index (χ1n) is 5.19. The maximum atomic E-state index is 10.8. The molecule has 1 aromatic rings. The number of carboxylic acid groups (broad SMARTS) is 1. The van der Waals surface area contributed by atoms with E-state index in [4.69, 9.17) is 10.8 Å². The van der Waals surface area contributed by atoms with Gasteiger partial charge in [-0.25, -0.2) is 4.79 Å². The zero-order valence-corrected chi connectivity index (χ0v) is 8.77. The molecule has 0 aliphatic heterocycles. The van der Waals surface area contributed by atoms with E-state index in [0.717, 1.165) is 24.0 Å². The van der Waals surface area contributed by atoms with Crippen LogP contribution in [-0.4, -0.2) is 17.0 Å². The van der Waals surface area contributed by atoms with Gasteiger partial charge in [0.25, 0.3) is 0 Å². The van der Waals surface area contributed by atoms with Crippen LogP contribution in [0, 0.1) is 5.92 Å². The molecule has 1 aliphatic rings. The van der Waals surface area contributed by atoms with Crippen molar-refractivity contribution in [3.63, 3.8) is 0 Å². The molecule has 0 radical (unpaired) electrons. The van der Waals surface area contributed by atoms with Crippen molar-refractivity contribution in [2.45, 2.75) is 19.3 Å². The molecule has 0 fully saturated rings. The monoisotopic (exact) mass is 219 g/mol. The molecule has 1 unspecified atom stereocenters. The minimum absolute atomic E-state index is 0.233. The number of primary amides is 1. The Kier molecular flexibility index (Phi) is 2.64. The molecule has 0 saturated heterocycles. The first kappa shape index (κ1) is 10.7. The maximum absolute atomic E-state index is 10.8. The molecule has 16 heavy (non-hydrogen) atoms. The Bertz CT molecular complexity index is 454. The van der Waals surface area contributed by atoms with Gasteiger partial charge in [0.1, 0.15) is 0 Å². The maximum Gasteiger partial charge on any atom is 0.335 e. The fraction of sp³-hybridized carbons (Fsp3) is 0.333. The Morgan fingerprint density at radius 1 is 1.31 bits per heavy atom. The lowest BCUT2D eigenvalue weighted by atomic mass is 10.0. The van der Waals surface area contributed by atoms with E-state index in [9.17, 15) is 9.59 Å². The van der Waals surface area contributed by atoms with Crippen molar-refractivity contribution in [3.05, 3.63) is 34.9 Å². The second-order valence-electron chi connectivity index (χ2n) is 4.23. The minimum Gasteiger partial charge on any atom is -0.478 e. The summed E-state index contributed by atoms with van der Waals surface area (Å²) in [6, 6.07) is 5.13. The van der Waals surface area contributed by atoms with E-state index in [1.807, 2.05) is 6.07 Å². The summed E-state index contributed by atoms with van der Waals surface area (Å²) in [7, 11) is 0. The lowest BCUT2D eigenvalue weighted by Crippen LogP contribution is -2.16. The number of aromatic carboxylic acids is 1. The van der Waals surface area contributed by atoms with Gasteiger partial charge in [-0.1, -0.05) is 6.07 Å². The lowest BCUT2D eigenvalue weighted by molar-refractivity contribution is -0.118. The van der Waals surface area contributed by atoms with Crippen molar-refractivity contribution in [2.24, 2.45) is 11.7 Å². The van der Waals surface area contributed by atoms with Gasteiger partial charge in [0.15, 0.2) is 0 Å². The molecule has 0 saturated carbocycles. The third-order valence-electron chi connectivity index (χ3n) is 2.96. The average molecular weight is 219 g/mol. The van der Waals surface area contributed by atoms with Crippen LogP contribution in [0.3, 0.4) is 0 Å². The zero-order valence-electron chi connectivity index (χ0n) is 8.77. The van der Waals surface area contributed by atoms with Gasteiger partial charge < -0.3 is 10.8 Å². The highest BCUT2D eigenvalue weighted by Crippen LogP contribution is 2.29. The number of carbonyl (C=O) groups excluding carboxylic acids is 1. The number of rotatable bonds is 3. The molecule has 0 spiro atoms. The normalized spacial score (nSPS) is 18.1. The van der Waals surface area contributed by atoms with Gasteiger partial charge in [0.05, 0.1) is 5.56 Å². The fourth-order valence-electron chi connectivity index (χ4n) is 2.27. The van der Waals surface area contributed by atoms with Gasteiger partial charge in [0.2, 0.25) is 5.91 Å². The smallest absolute Gasteiger partial charge is 0.335 e. The van der Waals surface area contributed by atoms with E-state index in [1.165, 1.54) is 0 Å². The van der Waals surface area contributed by atoms with E-state index in [0.29, 0.717) is 12.0 Å². The van der Waals surface area contributed by atoms with E-state index in [-0.39, 0.29) is 11.8 Å². The van der Waals surface area contributed by atoms with Crippen LogP contribution in [0.15, 0.2) is 18.2 Å². The van der Waals surface area contributed by atoms with E-state index < -0.39 is 5.97 Å². The summed E-state index contributed by atoms with van der Waals surface area (Å²) in [6.07, 6.45) is 1.94. The number of fused-ring (bicyclic) bond motifs is 1. The van der Waals surface area contributed by atoms with Crippen molar-refractivity contribution in [2.75, 3.05) is 0 Å². The number of carbonyl (C=O) groups is 2. The summed E-state index contributed by atoms with van der Waals surface area (Å²) in [5.74, 6) is -0.978. The number of hydrogen-bond acceptors (Lipinski definition) is 2. The molecule has 0 aromatic heterocycles. The molecule has 1 aliphatic carbocycles. The standard InChI is InChI=1S/C12H13NO3/c13-11(14)5-7-3-8-1-2-9(12(15)16)6-10(8)4-7/h1-2,6-7H,3-5H2,(H2,13,14)(H,15,16). The molecule has 0 heterocycles. The molecule has 0 bridgehead atoms. The van der Waals surface area contributed by atoms with Crippen LogP contribution in [0.25, 0.3) is 0 Å². The number of hydrogen-bond donors (Lipinski definition) is 2. The molecule has 3 N–H and O–H groups in total. The van der Waals surface area contributed by atoms with Crippen LogP contribution in [0.5, 0.6) is 0 Å². The Labute approximate surface area is 93.1 Å². The predicted octanol–water partition coefficient (Wildman–Crippen LogP) is 0.975. The highest BCUT2D eigenvalue weighted by atomic mass is 16.4. The van der Waals surface area contributed by atoms with Gasteiger partial charge >= 0.3 is 5.97 Å². The van der Waals surface area contributed by atoms with Gasteiger partial charge in [-0.2, -0.15) is 0 Å². The molecule has 1 atom stereocenters. The average Bonchev–Trinajstić information content (AvgIpc) is 2.56. The lowest BCUT2D eigenvalue weighted by Gasteiger charge is -2.03. The second-order valence-corrected chi connectivity index (χ2v) is 4.23. The summed E-state index contributed by atoms with van der Waals surface area (Å²) in [6.45, 7) is 0. The van der Waals surface area contributed by atoms with Gasteiger partial charge in [0, 0.05) is 6.42 Å². The largest absolute Gasteiger partial charge is 0.478 e. The Balaban J connectivity index is 2.18. The third-order valence-corrected chi connectivity index (χ3v) is 2.96. The predicted molar refractivity (Wildman–Crippen MR) is 58.1 cm³/mol. The van der Waals surface area contributed by atoms with Gasteiger partial charge in [-0.3, -0.25) is 4.79 Å². The molecule has 1 aromatic carbocycles. The summed E-state index contributed by atoms with van der Waals surface area (Å²) in [4.78, 5) is 21.6. The molecule has 4 heteroatoms. The number of carboxylic acids is 1. The number of benzene rings is 1. The molecule has 4 nitrogen and oxygen atoms in total. The van der Waals surface area contributed by atoms with E-state index >= 15 is 0 Å². The first-order valence-corrected chi connectivity index (χ1v) is 5.19. The molecule has 2 rings (SSSR count). The van der Waals surface area contributed by atoms with Crippen LogP contribution in [0.4, 0.5) is 0 Å². The summed E-state index contributed by atoms with van der Waals surface area (Å²) >= 11 is 0. The third kappa shape index (κ3) is 2.05. The van der Waals surface area contributed by atoms with E-state index in [2.05, 4.69) is 0 Å². The highest BCUT2D eigenvalue weighted by molar-refractivity contribution is 5.88. The van der Waals surface area contributed by atoms with Crippen molar-refractivity contribution < 1.29 is 14.7 Å². The SMILES string of the molecule is NC(=O)CC1Cc2ccc(C(=O)O)cc2C1. The Morgan fingerprint density at radius 2 is 2.00 bits per heavy atom. The quantitative estimate of drug-likeness (QED) is 0.795. The molecular weight excluding hydrogens is 206 g/mol. The Morgan fingerprint density at radius 3 is 2.62 bits per heavy atom. The topological polar surface area (TPSA) is 80.4 Å². The Hall–Kier alpha value is -1.84. The highest BCUT2D eigenvalue weighted by Gasteiger charge is 2.23. The molecule has 1 amide bonds. The van der Waals surface area contributed by atoms with Crippen LogP contribution in [-0.2, 0) is 17.6 Å². The van der Waals surface area contributed by atoms with Crippen LogP contribution in [0.1, 0.15) is 27.9 Å². The van der Waals surface area contributed by atoms with Crippen molar-refractivity contribution in [1.29, 1.82) is 0 Å². The first-order chi connectivity index (χ1) is 7.56. The number of nitrogens with two attached hydrogens (primary N) is 1. The summed E-state index contributed by atoms with van der Waals surface area (Å²) in [5.41, 5.74) is 7.63. The van der Waals surface area contributed by atoms with Crippen molar-refractivity contribution in [1.82, 2.24) is 0 Å². The van der Waals surface area contributed by atoms with E-state index in [1.54, 1.807) is 12.1 Å². The summed E-state index contributed by atoms with van der Waals surface area (Å²) < 4.78 is 0. The van der Waals surface area contributed by atoms with Gasteiger partial charge in [-0.05, 0) is 42.0 Å². The van der Waals surface area contributed by atoms with Crippen molar-refractivity contribution in [3.8, 4) is 0 Å². The van der Waals surface area contributed by atoms with Crippen LogP contribution < -0.4 is 5.73 Å². The van der Waals surface area contributed by atoms with Gasteiger partial charge in [-0.15, -0.1) is 0 Å². The second kappa shape index (κ2) is 3.96.